The number of hydrogen-bond acceptors (Lipinski definition) is 7. The van der Waals surface area contributed by atoms with E-state index in [0.717, 1.165) is 12.0 Å². The van der Waals surface area contributed by atoms with Gasteiger partial charge in [0.05, 0.1) is 17.6 Å². The minimum Gasteiger partial charge on any atom is -0.458 e. The minimum atomic E-state index is -1.40. The van der Waals surface area contributed by atoms with Gasteiger partial charge in [-0.25, -0.2) is 4.79 Å². The third kappa shape index (κ3) is 1.89. The van der Waals surface area contributed by atoms with Crippen molar-refractivity contribution >= 4 is 11.8 Å². The number of ether oxygens (including phenoxy) is 2. The number of aliphatic hydroxyl groups excluding tert-OH is 2. The van der Waals surface area contributed by atoms with Gasteiger partial charge in [-0.1, -0.05) is 6.92 Å². The summed E-state index contributed by atoms with van der Waals surface area (Å²) in [5, 5.41) is 33.9. The number of Topliss-reactive ketones (excluding diaryl/α,β-unsaturated/α-hetero) is 1. The minimum absolute atomic E-state index is 0.136. The van der Waals surface area contributed by atoms with Gasteiger partial charge in [-0.05, 0) is 68.3 Å². The Morgan fingerprint density at radius 1 is 1.10 bits per heavy atom. The first-order valence-electron chi connectivity index (χ1n) is 11.3. The molecule has 0 amide bonds. The van der Waals surface area contributed by atoms with Gasteiger partial charge in [-0.3, -0.25) is 4.79 Å². The summed E-state index contributed by atoms with van der Waals surface area (Å²) in [5.74, 6) is -1.44. The SMILES string of the molecule is CC12CCC(O)CC1CC1OC13C2C(O)C(=O)C1(C)C(C2=CC(=O)OC2)CCC13O. The molecule has 7 nitrogen and oxygen atoms in total. The Morgan fingerprint density at radius 2 is 1.87 bits per heavy atom. The number of carbonyl (C=O) groups is 2. The highest BCUT2D eigenvalue weighted by Gasteiger charge is 2.88. The van der Waals surface area contributed by atoms with Crippen LogP contribution in [0.1, 0.15) is 52.4 Å². The first-order chi connectivity index (χ1) is 14.1. The van der Waals surface area contributed by atoms with E-state index in [-0.39, 0.29) is 41.8 Å². The topological polar surface area (TPSA) is 117 Å². The van der Waals surface area contributed by atoms with Gasteiger partial charge in [0.2, 0.25) is 0 Å². The first kappa shape index (κ1) is 19.4. The summed E-state index contributed by atoms with van der Waals surface area (Å²) in [6, 6.07) is 0. The second-order valence-corrected chi connectivity index (χ2v) is 11.0. The number of rotatable bonds is 1. The van der Waals surface area contributed by atoms with Gasteiger partial charge in [-0.15, -0.1) is 0 Å². The van der Waals surface area contributed by atoms with Crippen molar-refractivity contribution < 1.29 is 34.4 Å². The van der Waals surface area contributed by atoms with Crippen LogP contribution >= 0.6 is 0 Å². The Kier molecular flexibility index (Phi) is 3.59. The number of esters is 1. The molecular weight excluding hydrogens is 388 g/mol. The number of epoxide rings is 1. The second-order valence-electron chi connectivity index (χ2n) is 11.0. The Bertz CT molecular complexity index is 883. The van der Waals surface area contributed by atoms with Gasteiger partial charge in [0.25, 0.3) is 0 Å². The van der Waals surface area contributed by atoms with Gasteiger partial charge in [-0.2, -0.15) is 0 Å². The Balaban J connectivity index is 1.47. The number of carbonyl (C=O) groups excluding carboxylic acids is 2. The molecular formula is C23H30O7. The van der Waals surface area contributed by atoms with Crippen molar-refractivity contribution in [2.75, 3.05) is 6.61 Å². The number of hydrogen-bond donors (Lipinski definition) is 3. The van der Waals surface area contributed by atoms with Crippen molar-refractivity contribution in [2.24, 2.45) is 28.6 Å². The molecule has 0 aromatic rings. The van der Waals surface area contributed by atoms with Gasteiger partial charge < -0.3 is 24.8 Å². The lowest BCUT2D eigenvalue weighted by Crippen LogP contribution is -2.75. The fraction of sp³-hybridized carbons (Fsp3) is 0.826. The molecule has 3 N–H and O–H groups in total. The zero-order valence-corrected chi connectivity index (χ0v) is 17.5. The van der Waals surface area contributed by atoms with Crippen molar-refractivity contribution in [3.63, 3.8) is 0 Å². The molecule has 30 heavy (non-hydrogen) atoms. The number of ketones is 1. The maximum Gasteiger partial charge on any atom is 0.331 e. The van der Waals surface area contributed by atoms with Crippen molar-refractivity contribution in [1.29, 1.82) is 0 Å². The van der Waals surface area contributed by atoms with E-state index in [4.69, 9.17) is 9.47 Å². The Hall–Kier alpha value is -1.28. The molecule has 2 aliphatic heterocycles. The number of aliphatic hydroxyl groups is 3. The van der Waals surface area contributed by atoms with Crippen LogP contribution in [0.15, 0.2) is 11.6 Å². The zero-order chi connectivity index (χ0) is 21.3. The van der Waals surface area contributed by atoms with E-state index in [1.54, 1.807) is 6.92 Å². The van der Waals surface area contributed by atoms with Gasteiger partial charge >= 0.3 is 5.97 Å². The predicted molar refractivity (Wildman–Crippen MR) is 103 cm³/mol. The van der Waals surface area contributed by atoms with Gasteiger partial charge in [0, 0.05) is 12.0 Å². The van der Waals surface area contributed by atoms with Crippen molar-refractivity contribution in [3.05, 3.63) is 11.6 Å². The van der Waals surface area contributed by atoms with Crippen molar-refractivity contribution in [3.8, 4) is 0 Å². The van der Waals surface area contributed by atoms with E-state index in [0.29, 0.717) is 32.1 Å². The lowest BCUT2D eigenvalue weighted by Gasteiger charge is -2.62. The highest BCUT2D eigenvalue weighted by molar-refractivity contribution is 5.94. The molecule has 1 spiro atoms. The molecule has 4 saturated carbocycles. The van der Waals surface area contributed by atoms with Crippen molar-refractivity contribution in [1.82, 2.24) is 0 Å². The average molecular weight is 418 g/mol. The highest BCUT2D eigenvalue weighted by Crippen LogP contribution is 2.76. The third-order valence-corrected chi connectivity index (χ3v) is 10.2. The van der Waals surface area contributed by atoms with E-state index in [2.05, 4.69) is 6.92 Å². The van der Waals surface area contributed by atoms with Crippen LogP contribution in [-0.2, 0) is 19.1 Å². The van der Waals surface area contributed by atoms with Crippen LogP contribution in [0, 0.1) is 28.6 Å². The third-order valence-electron chi connectivity index (χ3n) is 10.2. The molecule has 6 aliphatic rings. The molecule has 6 rings (SSSR count). The summed E-state index contributed by atoms with van der Waals surface area (Å²) in [6.07, 6.45) is 3.30. The molecule has 0 aromatic heterocycles. The van der Waals surface area contributed by atoms with E-state index < -0.39 is 34.6 Å². The van der Waals surface area contributed by atoms with E-state index >= 15 is 0 Å². The van der Waals surface area contributed by atoms with Crippen LogP contribution in [0.25, 0.3) is 0 Å². The predicted octanol–water partition coefficient (Wildman–Crippen LogP) is 0.885. The van der Waals surface area contributed by atoms with Crippen LogP contribution in [0.2, 0.25) is 0 Å². The Labute approximate surface area is 175 Å². The summed E-state index contributed by atoms with van der Waals surface area (Å²) in [5.41, 5.74) is -3.21. The monoisotopic (exact) mass is 418 g/mol. The largest absolute Gasteiger partial charge is 0.458 e. The van der Waals surface area contributed by atoms with Crippen LogP contribution in [-0.4, -0.2) is 63.2 Å². The van der Waals surface area contributed by atoms with Crippen LogP contribution in [0.4, 0.5) is 0 Å². The second kappa shape index (κ2) is 5.55. The lowest BCUT2D eigenvalue weighted by atomic mass is 9.41. The van der Waals surface area contributed by atoms with E-state index in [1.807, 2.05) is 0 Å². The summed E-state index contributed by atoms with van der Waals surface area (Å²) in [7, 11) is 0. The van der Waals surface area contributed by atoms with E-state index in [9.17, 15) is 24.9 Å². The number of fused-ring (bicyclic) bond motifs is 3. The van der Waals surface area contributed by atoms with Crippen LogP contribution < -0.4 is 0 Å². The quantitative estimate of drug-likeness (QED) is 0.428. The number of cyclic esters (lactones) is 1. The fourth-order valence-electron chi connectivity index (χ4n) is 8.61. The van der Waals surface area contributed by atoms with Crippen molar-refractivity contribution in [2.45, 2.75) is 81.9 Å². The summed E-state index contributed by atoms with van der Waals surface area (Å²) >= 11 is 0. The smallest absolute Gasteiger partial charge is 0.331 e. The zero-order valence-electron chi connectivity index (χ0n) is 17.5. The lowest BCUT2D eigenvalue weighted by molar-refractivity contribution is -0.226. The Morgan fingerprint density at radius 3 is 2.57 bits per heavy atom. The molecule has 0 aromatic carbocycles. The maximum atomic E-state index is 13.8. The van der Waals surface area contributed by atoms with Crippen LogP contribution in [0.5, 0.6) is 0 Å². The van der Waals surface area contributed by atoms with Gasteiger partial charge in [0.15, 0.2) is 5.78 Å². The molecule has 10 unspecified atom stereocenters. The summed E-state index contributed by atoms with van der Waals surface area (Å²) in [4.78, 5) is 25.5. The van der Waals surface area contributed by atoms with Crippen LogP contribution in [0.3, 0.4) is 0 Å². The molecule has 164 valence electrons. The molecule has 7 heteroatoms. The molecule has 0 radical (unpaired) electrons. The molecule has 10 atom stereocenters. The summed E-state index contributed by atoms with van der Waals surface area (Å²) in [6.45, 7) is 3.99. The molecule has 2 heterocycles. The van der Waals surface area contributed by atoms with E-state index in [1.165, 1.54) is 6.08 Å². The maximum absolute atomic E-state index is 13.8. The fourth-order valence-corrected chi connectivity index (χ4v) is 8.61. The average Bonchev–Trinajstić information content (AvgIpc) is 3.14. The molecule has 4 aliphatic carbocycles. The molecule has 1 saturated heterocycles. The molecule has 5 fully saturated rings. The first-order valence-corrected chi connectivity index (χ1v) is 11.3. The standard InChI is InChI=1S/C23H30O7/c1-20-5-3-13(24)8-12(20)9-15-23(30-15)18(20)17(26)19(27)21(2)14(4-6-22(21,23)28)11-7-16(25)29-10-11/h7,12-15,17-18,24,26,28H,3-6,8-10H2,1-2H3. The normalized spacial score (nSPS) is 58.9. The summed E-state index contributed by atoms with van der Waals surface area (Å²) < 4.78 is 11.4. The van der Waals surface area contributed by atoms with Gasteiger partial charge in [0.1, 0.15) is 23.9 Å². The highest BCUT2D eigenvalue weighted by atomic mass is 16.6. The molecule has 0 bridgehead atoms.